The molecular formula is C18H31N3O. The summed E-state index contributed by atoms with van der Waals surface area (Å²) in [7, 11) is 8.00. The second-order valence-electron chi connectivity index (χ2n) is 7.34. The van der Waals surface area contributed by atoms with E-state index in [0.29, 0.717) is 6.54 Å². The van der Waals surface area contributed by atoms with Crippen LogP contribution in [-0.2, 0) is 4.79 Å². The number of amides is 1. The minimum absolute atomic E-state index is 0.0434. The fourth-order valence-corrected chi connectivity index (χ4v) is 2.88. The van der Waals surface area contributed by atoms with Crippen LogP contribution >= 0.6 is 0 Å². The zero-order chi connectivity index (χ0) is 16.9. The van der Waals surface area contributed by atoms with Crippen molar-refractivity contribution in [3.8, 4) is 0 Å². The first-order valence-electron chi connectivity index (χ1n) is 7.78. The highest BCUT2D eigenvalue weighted by atomic mass is 16.2. The van der Waals surface area contributed by atoms with Crippen molar-refractivity contribution >= 4 is 5.91 Å². The Labute approximate surface area is 135 Å². The van der Waals surface area contributed by atoms with Crippen molar-refractivity contribution in [3.63, 3.8) is 0 Å². The molecule has 0 saturated heterocycles. The molecule has 1 rings (SSSR count). The van der Waals surface area contributed by atoms with Gasteiger partial charge < -0.3 is 10.2 Å². The maximum Gasteiger partial charge on any atom is 0.241 e. The summed E-state index contributed by atoms with van der Waals surface area (Å²) in [5.74, 6) is 0.0612. The zero-order valence-corrected chi connectivity index (χ0v) is 15.1. The largest absolute Gasteiger partial charge is 0.354 e. The van der Waals surface area contributed by atoms with Crippen LogP contribution < -0.4 is 5.32 Å². The van der Waals surface area contributed by atoms with Crippen LogP contribution in [0.1, 0.15) is 31.0 Å². The van der Waals surface area contributed by atoms with Gasteiger partial charge in [-0.25, -0.2) is 0 Å². The second kappa shape index (κ2) is 7.75. The average Bonchev–Trinajstić information content (AvgIpc) is 2.37. The summed E-state index contributed by atoms with van der Waals surface area (Å²) in [6.45, 7) is 8.00. The SMILES string of the molecule is Cc1ccccc1C(C(=O)NCC(C)(C)CN(C)C)N(C)C. The first-order valence-corrected chi connectivity index (χ1v) is 7.78. The van der Waals surface area contributed by atoms with Crippen molar-refractivity contribution in [2.24, 2.45) is 5.41 Å². The topological polar surface area (TPSA) is 35.6 Å². The van der Waals surface area contributed by atoms with Crippen LogP contribution in [0.15, 0.2) is 24.3 Å². The third kappa shape index (κ3) is 5.43. The lowest BCUT2D eigenvalue weighted by atomic mass is 9.92. The van der Waals surface area contributed by atoms with Crippen LogP contribution in [0.3, 0.4) is 0 Å². The summed E-state index contributed by atoms with van der Waals surface area (Å²) < 4.78 is 0. The molecule has 0 saturated carbocycles. The van der Waals surface area contributed by atoms with E-state index < -0.39 is 0 Å². The maximum absolute atomic E-state index is 12.7. The number of carbonyl (C=O) groups is 1. The molecular weight excluding hydrogens is 274 g/mol. The number of hydrogen-bond acceptors (Lipinski definition) is 3. The molecule has 1 N–H and O–H groups in total. The van der Waals surface area contributed by atoms with Crippen LogP contribution in [-0.4, -0.2) is 57.0 Å². The van der Waals surface area contributed by atoms with Crippen molar-refractivity contribution in [1.29, 1.82) is 0 Å². The predicted octanol–water partition coefficient (Wildman–Crippen LogP) is 2.30. The van der Waals surface area contributed by atoms with Crippen molar-refractivity contribution in [3.05, 3.63) is 35.4 Å². The van der Waals surface area contributed by atoms with Crippen LogP contribution in [0.2, 0.25) is 0 Å². The first-order chi connectivity index (χ1) is 10.1. The van der Waals surface area contributed by atoms with Crippen LogP contribution in [0.25, 0.3) is 0 Å². The first kappa shape index (κ1) is 18.7. The molecule has 0 heterocycles. The summed E-state index contributed by atoms with van der Waals surface area (Å²) in [5, 5.41) is 3.13. The number of hydrogen-bond donors (Lipinski definition) is 1. The Morgan fingerprint density at radius 1 is 1.18 bits per heavy atom. The van der Waals surface area contributed by atoms with E-state index in [1.807, 2.05) is 37.2 Å². The Hall–Kier alpha value is -1.39. The van der Waals surface area contributed by atoms with Gasteiger partial charge in [-0.3, -0.25) is 9.69 Å². The highest BCUT2D eigenvalue weighted by Gasteiger charge is 2.26. The van der Waals surface area contributed by atoms with Crippen LogP contribution in [0.4, 0.5) is 0 Å². The van der Waals surface area contributed by atoms with Gasteiger partial charge in [-0.1, -0.05) is 38.1 Å². The molecule has 0 aliphatic carbocycles. The summed E-state index contributed by atoms with van der Waals surface area (Å²) in [6, 6.07) is 7.82. The van der Waals surface area contributed by atoms with Crippen molar-refractivity contribution in [2.75, 3.05) is 41.3 Å². The Balaban J connectivity index is 2.82. The van der Waals surface area contributed by atoms with Gasteiger partial charge in [-0.05, 0) is 51.7 Å². The summed E-state index contributed by atoms with van der Waals surface area (Å²) >= 11 is 0. The normalized spacial score (nSPS) is 13.5. The molecule has 0 aliphatic rings. The molecule has 0 spiro atoms. The Morgan fingerprint density at radius 2 is 1.77 bits per heavy atom. The van der Waals surface area contributed by atoms with E-state index in [-0.39, 0.29) is 17.4 Å². The lowest BCUT2D eigenvalue weighted by molar-refractivity contribution is -0.126. The Morgan fingerprint density at radius 3 is 2.27 bits per heavy atom. The van der Waals surface area contributed by atoms with E-state index in [1.54, 1.807) is 0 Å². The number of rotatable bonds is 7. The minimum Gasteiger partial charge on any atom is -0.354 e. The number of aryl methyl sites for hydroxylation is 1. The number of benzene rings is 1. The van der Waals surface area contributed by atoms with Gasteiger partial charge in [0.1, 0.15) is 6.04 Å². The molecule has 124 valence electrons. The molecule has 0 fully saturated rings. The van der Waals surface area contributed by atoms with Crippen LogP contribution in [0.5, 0.6) is 0 Å². The Kier molecular flexibility index (Phi) is 6.57. The molecule has 0 aliphatic heterocycles. The van der Waals surface area contributed by atoms with Gasteiger partial charge in [0.15, 0.2) is 0 Å². The van der Waals surface area contributed by atoms with Gasteiger partial charge in [0.2, 0.25) is 5.91 Å². The molecule has 22 heavy (non-hydrogen) atoms. The quantitative estimate of drug-likeness (QED) is 0.839. The third-order valence-corrected chi connectivity index (χ3v) is 3.73. The molecule has 1 aromatic rings. The van der Waals surface area contributed by atoms with Gasteiger partial charge in [-0.2, -0.15) is 0 Å². The highest BCUT2D eigenvalue weighted by Crippen LogP contribution is 2.22. The molecule has 1 aromatic carbocycles. The number of likely N-dealkylation sites (N-methyl/N-ethyl adjacent to an activating group) is 1. The fraction of sp³-hybridized carbons (Fsp3) is 0.611. The molecule has 4 heteroatoms. The monoisotopic (exact) mass is 305 g/mol. The lowest BCUT2D eigenvalue weighted by Gasteiger charge is -2.31. The van der Waals surface area contributed by atoms with Crippen molar-refractivity contribution in [2.45, 2.75) is 26.8 Å². The summed E-state index contributed by atoms with van der Waals surface area (Å²) in [5.41, 5.74) is 2.25. The van der Waals surface area contributed by atoms with Crippen molar-refractivity contribution in [1.82, 2.24) is 15.1 Å². The van der Waals surface area contributed by atoms with E-state index in [0.717, 1.165) is 17.7 Å². The second-order valence-corrected chi connectivity index (χ2v) is 7.34. The van der Waals surface area contributed by atoms with Gasteiger partial charge in [-0.15, -0.1) is 0 Å². The standard InChI is InChI=1S/C18H31N3O/c1-14-10-8-9-11-15(14)16(21(6)7)17(22)19-12-18(2,3)13-20(4)5/h8-11,16H,12-13H2,1-7H3,(H,19,22). The lowest BCUT2D eigenvalue weighted by Crippen LogP contribution is -2.44. The Bertz CT molecular complexity index is 495. The van der Waals surface area contributed by atoms with E-state index in [2.05, 4.69) is 51.1 Å². The molecule has 4 nitrogen and oxygen atoms in total. The highest BCUT2D eigenvalue weighted by molar-refractivity contribution is 5.83. The predicted molar refractivity (Wildman–Crippen MR) is 93.0 cm³/mol. The maximum atomic E-state index is 12.7. The van der Waals surface area contributed by atoms with Crippen molar-refractivity contribution < 1.29 is 4.79 Å². The van der Waals surface area contributed by atoms with E-state index in [9.17, 15) is 4.79 Å². The minimum atomic E-state index is -0.253. The zero-order valence-electron chi connectivity index (χ0n) is 15.1. The van der Waals surface area contributed by atoms with Gasteiger partial charge >= 0.3 is 0 Å². The molecule has 0 aromatic heterocycles. The summed E-state index contributed by atoms with van der Waals surface area (Å²) in [4.78, 5) is 16.8. The van der Waals surface area contributed by atoms with Gasteiger partial charge in [0.05, 0.1) is 0 Å². The molecule has 1 amide bonds. The molecule has 0 bridgehead atoms. The molecule has 1 unspecified atom stereocenters. The fourth-order valence-electron chi connectivity index (χ4n) is 2.88. The van der Waals surface area contributed by atoms with Gasteiger partial charge in [0.25, 0.3) is 0 Å². The van der Waals surface area contributed by atoms with E-state index in [1.165, 1.54) is 0 Å². The average molecular weight is 305 g/mol. The van der Waals surface area contributed by atoms with Gasteiger partial charge in [0, 0.05) is 13.1 Å². The molecule has 1 atom stereocenters. The molecule has 0 radical (unpaired) electrons. The van der Waals surface area contributed by atoms with Crippen LogP contribution in [0, 0.1) is 12.3 Å². The third-order valence-electron chi connectivity index (χ3n) is 3.73. The van der Waals surface area contributed by atoms with E-state index >= 15 is 0 Å². The number of nitrogens with one attached hydrogen (secondary N) is 1. The van der Waals surface area contributed by atoms with E-state index in [4.69, 9.17) is 0 Å². The number of nitrogens with zero attached hydrogens (tertiary/aromatic N) is 2. The number of carbonyl (C=O) groups excluding carboxylic acids is 1. The summed E-state index contributed by atoms with van der Waals surface area (Å²) in [6.07, 6.45) is 0. The smallest absolute Gasteiger partial charge is 0.241 e.